The second kappa shape index (κ2) is 6.96. The number of hydrogen-bond donors (Lipinski definition) is 1. The van der Waals surface area contributed by atoms with Crippen molar-refractivity contribution in [2.24, 2.45) is 0 Å². The Bertz CT molecular complexity index is 446. The smallest absolute Gasteiger partial charge is 0.254 e. The number of nitrogens with zero attached hydrogens (tertiary/aromatic N) is 2. The van der Waals surface area contributed by atoms with Crippen LogP contribution in [0.25, 0.3) is 0 Å². The van der Waals surface area contributed by atoms with Gasteiger partial charge >= 0.3 is 0 Å². The quantitative estimate of drug-likeness (QED) is 0.838. The molecule has 0 aromatic heterocycles. The number of carbonyl (C=O) groups is 1. The Morgan fingerprint density at radius 1 is 1.37 bits per heavy atom. The van der Waals surface area contributed by atoms with E-state index in [0.29, 0.717) is 6.54 Å². The van der Waals surface area contributed by atoms with Crippen molar-refractivity contribution < 1.29 is 4.79 Å². The fraction of sp³-hybridized carbons (Fsp3) is 0.533. The van der Waals surface area contributed by atoms with Crippen LogP contribution in [0.3, 0.4) is 0 Å². The molecule has 4 heteroatoms. The molecule has 3 nitrogen and oxygen atoms in total. The summed E-state index contributed by atoms with van der Waals surface area (Å²) in [6.07, 6.45) is 0. The van der Waals surface area contributed by atoms with Crippen LogP contribution in [0.1, 0.15) is 29.8 Å². The SMILES string of the molecule is CCN(C(=O)c1cc(S)ccc1C)C(C)CN(C)C. The molecule has 0 aliphatic heterocycles. The molecule has 0 bridgehead atoms. The zero-order valence-electron chi connectivity index (χ0n) is 12.5. The van der Waals surface area contributed by atoms with E-state index in [4.69, 9.17) is 0 Å². The number of carbonyl (C=O) groups excluding carboxylic acids is 1. The molecule has 0 aliphatic rings. The van der Waals surface area contributed by atoms with E-state index in [1.54, 1.807) is 0 Å². The van der Waals surface area contributed by atoms with Gasteiger partial charge in [-0.3, -0.25) is 4.79 Å². The highest BCUT2D eigenvalue weighted by Crippen LogP contribution is 2.17. The fourth-order valence-corrected chi connectivity index (χ4v) is 2.48. The van der Waals surface area contributed by atoms with Gasteiger partial charge in [0.1, 0.15) is 0 Å². The van der Waals surface area contributed by atoms with Crippen molar-refractivity contribution in [1.82, 2.24) is 9.80 Å². The molecule has 1 atom stereocenters. The van der Waals surface area contributed by atoms with Crippen molar-refractivity contribution in [3.8, 4) is 0 Å². The topological polar surface area (TPSA) is 23.6 Å². The van der Waals surface area contributed by atoms with Gasteiger partial charge < -0.3 is 9.80 Å². The Morgan fingerprint density at radius 2 is 2.00 bits per heavy atom. The van der Waals surface area contributed by atoms with Crippen LogP contribution < -0.4 is 0 Å². The first-order chi connectivity index (χ1) is 8.86. The monoisotopic (exact) mass is 280 g/mol. The Morgan fingerprint density at radius 3 is 2.53 bits per heavy atom. The summed E-state index contributed by atoms with van der Waals surface area (Å²) in [6.45, 7) is 7.64. The van der Waals surface area contributed by atoms with E-state index in [0.717, 1.165) is 22.6 Å². The van der Waals surface area contributed by atoms with Crippen molar-refractivity contribution in [3.05, 3.63) is 29.3 Å². The maximum absolute atomic E-state index is 12.6. The average Bonchev–Trinajstić information content (AvgIpc) is 2.32. The largest absolute Gasteiger partial charge is 0.335 e. The van der Waals surface area contributed by atoms with Gasteiger partial charge in [0.2, 0.25) is 0 Å². The van der Waals surface area contributed by atoms with E-state index in [-0.39, 0.29) is 11.9 Å². The van der Waals surface area contributed by atoms with Gasteiger partial charge in [-0.2, -0.15) is 0 Å². The van der Waals surface area contributed by atoms with Crippen molar-refractivity contribution in [1.29, 1.82) is 0 Å². The predicted molar refractivity (Wildman–Crippen MR) is 83.2 cm³/mol. The number of amides is 1. The Balaban J connectivity index is 2.98. The highest BCUT2D eigenvalue weighted by molar-refractivity contribution is 7.80. The standard InChI is InChI=1S/C15H24N2OS/c1-6-17(12(3)10-16(4)5)15(18)14-9-13(19)8-7-11(14)2/h7-9,12,19H,6,10H2,1-5H3. The highest BCUT2D eigenvalue weighted by Gasteiger charge is 2.21. The minimum absolute atomic E-state index is 0.0882. The van der Waals surface area contributed by atoms with Crippen LogP contribution >= 0.6 is 12.6 Å². The van der Waals surface area contributed by atoms with Gasteiger partial charge in [0, 0.05) is 29.6 Å². The fourth-order valence-electron chi connectivity index (χ4n) is 2.28. The second-order valence-electron chi connectivity index (χ2n) is 5.20. The molecule has 1 unspecified atom stereocenters. The lowest BCUT2D eigenvalue weighted by Crippen LogP contribution is -2.43. The number of benzene rings is 1. The van der Waals surface area contributed by atoms with Crippen LogP contribution in [0.5, 0.6) is 0 Å². The molecule has 0 radical (unpaired) electrons. The Labute approximate surface area is 122 Å². The van der Waals surface area contributed by atoms with Crippen LogP contribution in [0.2, 0.25) is 0 Å². The average molecular weight is 280 g/mol. The molecule has 0 saturated carbocycles. The molecule has 19 heavy (non-hydrogen) atoms. The maximum atomic E-state index is 12.6. The van der Waals surface area contributed by atoms with E-state index in [2.05, 4.69) is 24.5 Å². The van der Waals surface area contributed by atoms with E-state index < -0.39 is 0 Å². The zero-order chi connectivity index (χ0) is 14.6. The molecule has 1 aromatic carbocycles. The molecular formula is C15H24N2OS. The number of thiol groups is 1. The van der Waals surface area contributed by atoms with E-state index in [9.17, 15) is 4.79 Å². The third-order valence-corrected chi connectivity index (χ3v) is 3.49. The number of hydrogen-bond acceptors (Lipinski definition) is 3. The van der Waals surface area contributed by atoms with E-state index in [1.165, 1.54) is 0 Å². The molecule has 1 amide bonds. The van der Waals surface area contributed by atoms with Gasteiger partial charge in [-0.1, -0.05) is 6.07 Å². The summed E-state index contributed by atoms with van der Waals surface area (Å²) in [4.78, 5) is 17.5. The minimum Gasteiger partial charge on any atom is -0.335 e. The van der Waals surface area contributed by atoms with Gasteiger partial charge in [0.25, 0.3) is 5.91 Å². The molecule has 0 N–H and O–H groups in total. The molecule has 1 rings (SSSR count). The van der Waals surface area contributed by atoms with Gasteiger partial charge in [0.05, 0.1) is 0 Å². The number of rotatable bonds is 5. The minimum atomic E-state index is 0.0882. The Kier molecular flexibility index (Phi) is 5.88. The van der Waals surface area contributed by atoms with Gasteiger partial charge in [-0.05, 0) is 52.6 Å². The lowest BCUT2D eigenvalue weighted by molar-refractivity contribution is 0.0678. The summed E-state index contributed by atoms with van der Waals surface area (Å²) in [5.41, 5.74) is 1.75. The molecule has 0 heterocycles. The normalized spacial score (nSPS) is 12.6. The summed E-state index contributed by atoms with van der Waals surface area (Å²) in [5, 5.41) is 0. The maximum Gasteiger partial charge on any atom is 0.254 e. The van der Waals surface area contributed by atoms with Crippen LogP contribution in [0.4, 0.5) is 0 Å². The first-order valence-electron chi connectivity index (χ1n) is 6.62. The summed E-state index contributed by atoms with van der Waals surface area (Å²) in [5.74, 6) is 0.0882. The molecule has 0 aliphatic carbocycles. The number of likely N-dealkylation sites (N-methyl/N-ethyl adjacent to an activating group) is 2. The van der Waals surface area contributed by atoms with Crippen molar-refractivity contribution >= 4 is 18.5 Å². The summed E-state index contributed by atoms with van der Waals surface area (Å²) < 4.78 is 0. The first kappa shape index (κ1) is 16.1. The molecule has 0 fully saturated rings. The van der Waals surface area contributed by atoms with E-state index >= 15 is 0 Å². The molecule has 0 saturated heterocycles. The van der Waals surface area contributed by atoms with Crippen LogP contribution in [-0.2, 0) is 0 Å². The third-order valence-electron chi connectivity index (χ3n) is 3.21. The summed E-state index contributed by atoms with van der Waals surface area (Å²) >= 11 is 4.32. The zero-order valence-corrected chi connectivity index (χ0v) is 13.4. The van der Waals surface area contributed by atoms with Gasteiger partial charge in [0.15, 0.2) is 0 Å². The molecular weight excluding hydrogens is 256 g/mol. The van der Waals surface area contributed by atoms with Crippen molar-refractivity contribution in [2.75, 3.05) is 27.2 Å². The second-order valence-corrected chi connectivity index (χ2v) is 5.72. The number of aryl methyl sites for hydroxylation is 1. The predicted octanol–water partition coefficient (Wildman–Crippen LogP) is 2.70. The third kappa shape index (κ3) is 4.25. The lowest BCUT2D eigenvalue weighted by atomic mass is 10.1. The highest BCUT2D eigenvalue weighted by atomic mass is 32.1. The molecule has 0 spiro atoms. The van der Waals surface area contributed by atoms with Crippen molar-refractivity contribution in [2.45, 2.75) is 31.7 Å². The van der Waals surface area contributed by atoms with Crippen LogP contribution in [0, 0.1) is 6.92 Å². The molecule has 106 valence electrons. The Hall–Kier alpha value is -1.00. The first-order valence-corrected chi connectivity index (χ1v) is 7.06. The van der Waals surface area contributed by atoms with Gasteiger partial charge in [-0.25, -0.2) is 0 Å². The van der Waals surface area contributed by atoms with E-state index in [1.807, 2.05) is 51.0 Å². The lowest BCUT2D eigenvalue weighted by Gasteiger charge is -2.30. The van der Waals surface area contributed by atoms with Crippen LogP contribution in [-0.4, -0.2) is 48.9 Å². The summed E-state index contributed by atoms with van der Waals surface area (Å²) in [6, 6.07) is 5.90. The van der Waals surface area contributed by atoms with Gasteiger partial charge in [-0.15, -0.1) is 12.6 Å². The van der Waals surface area contributed by atoms with Crippen molar-refractivity contribution in [3.63, 3.8) is 0 Å². The molecule has 1 aromatic rings. The van der Waals surface area contributed by atoms with Crippen LogP contribution in [0.15, 0.2) is 23.1 Å². The summed E-state index contributed by atoms with van der Waals surface area (Å²) in [7, 11) is 4.04.